The molecule has 1 aromatic rings. The Balaban J connectivity index is 1.55. The van der Waals surface area contributed by atoms with Gasteiger partial charge in [0.25, 0.3) is 0 Å². The molecule has 1 amide bonds. The van der Waals surface area contributed by atoms with Crippen molar-refractivity contribution >= 4 is 15.9 Å². The highest BCUT2D eigenvalue weighted by atomic mass is 32.2. The number of hydrogen-bond donors (Lipinski definition) is 1. The summed E-state index contributed by atoms with van der Waals surface area (Å²) in [6, 6.07) is 8.54. The van der Waals surface area contributed by atoms with Gasteiger partial charge in [-0.05, 0) is 51.9 Å². The first-order chi connectivity index (χ1) is 13.8. The van der Waals surface area contributed by atoms with Gasteiger partial charge in [-0.15, -0.1) is 0 Å². The summed E-state index contributed by atoms with van der Waals surface area (Å²) in [5, 5.41) is 3.21. The SMILES string of the molecule is CN(C)C1(CNC(=O)C2CCN(S(=O)(=O)c3ccccc3)CC2)CCCCCC1. The number of sulfonamides is 1. The molecule has 0 aromatic heterocycles. The number of piperidine rings is 1. The highest BCUT2D eigenvalue weighted by Gasteiger charge is 2.36. The van der Waals surface area contributed by atoms with Crippen molar-refractivity contribution in [1.82, 2.24) is 14.5 Å². The maximum Gasteiger partial charge on any atom is 0.243 e. The predicted molar refractivity (Wildman–Crippen MR) is 115 cm³/mol. The third kappa shape index (κ3) is 5.19. The van der Waals surface area contributed by atoms with Gasteiger partial charge in [0, 0.05) is 31.1 Å². The molecule has 0 unspecified atom stereocenters. The van der Waals surface area contributed by atoms with E-state index in [2.05, 4.69) is 24.3 Å². The summed E-state index contributed by atoms with van der Waals surface area (Å²) in [4.78, 5) is 15.4. The lowest BCUT2D eigenvalue weighted by atomic mass is 9.88. The first-order valence-electron chi connectivity index (χ1n) is 10.9. The largest absolute Gasteiger partial charge is 0.354 e. The van der Waals surface area contributed by atoms with Crippen LogP contribution in [0.25, 0.3) is 0 Å². The lowest BCUT2D eigenvalue weighted by molar-refractivity contribution is -0.126. The Morgan fingerprint density at radius 1 is 1.07 bits per heavy atom. The van der Waals surface area contributed by atoms with Gasteiger partial charge in [0.05, 0.1) is 4.90 Å². The van der Waals surface area contributed by atoms with E-state index in [1.165, 1.54) is 30.0 Å². The highest BCUT2D eigenvalue weighted by Crippen LogP contribution is 2.31. The third-order valence-corrected chi connectivity index (χ3v) is 8.69. The van der Waals surface area contributed by atoms with Crippen molar-refractivity contribution < 1.29 is 13.2 Å². The van der Waals surface area contributed by atoms with Crippen molar-refractivity contribution in [2.75, 3.05) is 33.7 Å². The molecule has 29 heavy (non-hydrogen) atoms. The zero-order chi connectivity index (χ0) is 20.9. The van der Waals surface area contributed by atoms with E-state index in [4.69, 9.17) is 0 Å². The summed E-state index contributed by atoms with van der Waals surface area (Å²) in [5.74, 6) is -0.0329. The van der Waals surface area contributed by atoms with Crippen molar-refractivity contribution in [2.24, 2.45) is 5.92 Å². The number of likely N-dealkylation sites (N-methyl/N-ethyl adjacent to an activating group) is 1. The van der Waals surface area contributed by atoms with Crippen LogP contribution in [-0.4, -0.2) is 62.8 Å². The summed E-state index contributed by atoms with van der Waals surface area (Å²) in [7, 11) is 0.760. The molecular formula is C22H35N3O3S. The maximum absolute atomic E-state index is 12.8. The second-order valence-corrected chi connectivity index (χ2v) is 10.7. The molecule has 1 saturated carbocycles. The molecule has 1 N–H and O–H groups in total. The molecule has 6 nitrogen and oxygen atoms in total. The van der Waals surface area contributed by atoms with Crippen molar-refractivity contribution in [2.45, 2.75) is 61.8 Å². The fraction of sp³-hybridized carbons (Fsp3) is 0.682. The molecule has 1 aliphatic heterocycles. The topological polar surface area (TPSA) is 69.7 Å². The molecule has 1 saturated heterocycles. The van der Waals surface area contributed by atoms with Gasteiger partial charge in [-0.2, -0.15) is 4.31 Å². The van der Waals surface area contributed by atoms with Gasteiger partial charge in [0.1, 0.15) is 0 Å². The monoisotopic (exact) mass is 421 g/mol. The Morgan fingerprint density at radius 3 is 2.21 bits per heavy atom. The van der Waals surface area contributed by atoms with Crippen LogP contribution in [0.4, 0.5) is 0 Å². The summed E-state index contributed by atoms with van der Waals surface area (Å²) in [6.45, 7) is 1.48. The van der Waals surface area contributed by atoms with Crippen molar-refractivity contribution in [3.05, 3.63) is 30.3 Å². The minimum absolute atomic E-state index is 0.0451. The average Bonchev–Trinajstić information content (AvgIpc) is 2.99. The molecule has 3 rings (SSSR count). The van der Waals surface area contributed by atoms with Crippen molar-refractivity contribution in [3.63, 3.8) is 0 Å². The van der Waals surface area contributed by atoms with E-state index >= 15 is 0 Å². The molecule has 0 spiro atoms. The van der Waals surface area contributed by atoms with E-state index in [0.29, 0.717) is 37.4 Å². The molecule has 2 fully saturated rings. The van der Waals surface area contributed by atoms with Crippen LogP contribution in [0.1, 0.15) is 51.4 Å². The maximum atomic E-state index is 12.8. The second kappa shape index (κ2) is 9.58. The zero-order valence-electron chi connectivity index (χ0n) is 17.8. The molecule has 1 heterocycles. The van der Waals surface area contributed by atoms with Crippen LogP contribution >= 0.6 is 0 Å². The summed E-state index contributed by atoms with van der Waals surface area (Å²) in [5.41, 5.74) is 0.0451. The third-order valence-electron chi connectivity index (χ3n) is 6.78. The molecule has 0 atom stereocenters. The van der Waals surface area contributed by atoms with E-state index in [1.807, 2.05) is 6.07 Å². The van der Waals surface area contributed by atoms with E-state index in [9.17, 15) is 13.2 Å². The van der Waals surface area contributed by atoms with Gasteiger partial charge in [0.2, 0.25) is 15.9 Å². The van der Waals surface area contributed by atoms with Crippen LogP contribution in [0.2, 0.25) is 0 Å². The van der Waals surface area contributed by atoms with Crippen LogP contribution in [0.5, 0.6) is 0 Å². The van der Waals surface area contributed by atoms with Gasteiger partial charge >= 0.3 is 0 Å². The van der Waals surface area contributed by atoms with Crippen LogP contribution in [0, 0.1) is 5.92 Å². The lowest BCUT2D eigenvalue weighted by Crippen LogP contribution is -2.53. The molecule has 0 bridgehead atoms. The van der Waals surface area contributed by atoms with E-state index < -0.39 is 10.0 Å². The molecule has 1 aliphatic carbocycles. The summed E-state index contributed by atoms with van der Waals surface area (Å²) in [6.07, 6.45) is 8.37. The van der Waals surface area contributed by atoms with Crippen LogP contribution in [-0.2, 0) is 14.8 Å². The fourth-order valence-electron chi connectivity index (χ4n) is 4.66. The molecule has 7 heteroatoms. The van der Waals surface area contributed by atoms with Crippen LogP contribution in [0.3, 0.4) is 0 Å². The number of amides is 1. The Labute approximate surface area is 175 Å². The zero-order valence-corrected chi connectivity index (χ0v) is 18.6. The molecular weight excluding hydrogens is 386 g/mol. The second-order valence-electron chi connectivity index (χ2n) is 8.74. The number of carbonyl (C=O) groups excluding carboxylic acids is 1. The predicted octanol–water partition coefficient (Wildman–Crippen LogP) is 2.86. The van der Waals surface area contributed by atoms with Gasteiger partial charge in [-0.3, -0.25) is 4.79 Å². The number of hydrogen-bond acceptors (Lipinski definition) is 4. The van der Waals surface area contributed by atoms with E-state index in [-0.39, 0.29) is 17.4 Å². The van der Waals surface area contributed by atoms with Crippen LogP contribution in [0.15, 0.2) is 35.2 Å². The lowest BCUT2D eigenvalue weighted by Gasteiger charge is -2.40. The molecule has 1 aromatic carbocycles. The van der Waals surface area contributed by atoms with Gasteiger partial charge in [0.15, 0.2) is 0 Å². The standard InChI is InChI=1S/C22H35N3O3S/c1-24(2)22(14-8-3-4-9-15-22)18-23-21(26)19-12-16-25(17-13-19)29(27,28)20-10-6-5-7-11-20/h5-7,10-11,19H,3-4,8-9,12-18H2,1-2H3,(H,23,26). The number of rotatable bonds is 6. The number of nitrogens with one attached hydrogen (secondary N) is 1. The smallest absolute Gasteiger partial charge is 0.243 e. The van der Waals surface area contributed by atoms with Gasteiger partial charge < -0.3 is 10.2 Å². The Bertz CT molecular complexity index is 764. The molecule has 0 radical (unpaired) electrons. The summed E-state index contributed by atoms with van der Waals surface area (Å²) >= 11 is 0. The number of nitrogens with zero attached hydrogens (tertiary/aromatic N) is 2. The van der Waals surface area contributed by atoms with Gasteiger partial charge in [-0.1, -0.05) is 43.9 Å². The van der Waals surface area contributed by atoms with Crippen molar-refractivity contribution in [1.29, 1.82) is 0 Å². The molecule has 162 valence electrons. The fourth-order valence-corrected chi connectivity index (χ4v) is 6.16. The van der Waals surface area contributed by atoms with Crippen molar-refractivity contribution in [3.8, 4) is 0 Å². The quantitative estimate of drug-likeness (QED) is 0.717. The first kappa shape index (κ1) is 22.2. The Morgan fingerprint density at radius 2 is 1.66 bits per heavy atom. The molecule has 2 aliphatic rings. The number of benzene rings is 1. The number of carbonyl (C=O) groups is 1. The van der Waals surface area contributed by atoms with Gasteiger partial charge in [-0.25, -0.2) is 8.42 Å². The summed E-state index contributed by atoms with van der Waals surface area (Å²) < 4.78 is 27.0. The van der Waals surface area contributed by atoms with E-state index in [0.717, 1.165) is 12.8 Å². The first-order valence-corrected chi connectivity index (χ1v) is 12.3. The highest BCUT2D eigenvalue weighted by molar-refractivity contribution is 7.89. The minimum Gasteiger partial charge on any atom is -0.354 e. The Kier molecular flexibility index (Phi) is 7.35. The van der Waals surface area contributed by atoms with Crippen LogP contribution < -0.4 is 5.32 Å². The van der Waals surface area contributed by atoms with E-state index in [1.54, 1.807) is 24.3 Å². The minimum atomic E-state index is -3.47. The Hall–Kier alpha value is -1.44. The normalized spacial score (nSPS) is 21.6. The average molecular weight is 422 g/mol.